The summed E-state index contributed by atoms with van der Waals surface area (Å²) in [4.78, 5) is 36.5. The Morgan fingerprint density at radius 1 is 0.971 bits per heavy atom. The fraction of sp³-hybridized carbons (Fsp3) is 0.423. The molecule has 2 amide bonds. The van der Waals surface area contributed by atoms with Crippen molar-refractivity contribution in [2.75, 3.05) is 20.3 Å². The summed E-state index contributed by atoms with van der Waals surface area (Å²) in [6.07, 6.45) is 1.54. The van der Waals surface area contributed by atoms with Crippen molar-refractivity contribution in [3.8, 4) is 11.1 Å². The van der Waals surface area contributed by atoms with Gasteiger partial charge in [0.1, 0.15) is 12.6 Å². The van der Waals surface area contributed by atoms with Gasteiger partial charge in [0, 0.05) is 19.1 Å². The van der Waals surface area contributed by atoms with Crippen LogP contribution >= 0.6 is 0 Å². The van der Waals surface area contributed by atoms with E-state index in [0.29, 0.717) is 25.7 Å². The number of rotatable bonds is 8. The van der Waals surface area contributed by atoms with Crippen LogP contribution in [0.15, 0.2) is 48.5 Å². The van der Waals surface area contributed by atoms with Gasteiger partial charge >= 0.3 is 12.1 Å². The number of carbonyl (C=O) groups excluding carboxylic acids is 2. The third kappa shape index (κ3) is 5.22. The minimum Gasteiger partial charge on any atom is -0.481 e. The molecule has 4 rings (SSSR count). The Labute approximate surface area is 198 Å². The molecule has 2 aliphatic carbocycles. The zero-order valence-electron chi connectivity index (χ0n) is 19.2. The highest BCUT2D eigenvalue weighted by Gasteiger charge is 2.31. The van der Waals surface area contributed by atoms with Gasteiger partial charge in [-0.25, -0.2) is 4.79 Å². The van der Waals surface area contributed by atoms with Crippen molar-refractivity contribution in [3.05, 3.63) is 59.7 Å². The maximum Gasteiger partial charge on any atom is 0.407 e. The second-order valence-electron chi connectivity index (χ2n) is 8.87. The molecule has 1 atom stereocenters. The lowest BCUT2D eigenvalue weighted by Crippen LogP contribution is -2.52. The number of methoxy groups -OCH3 is 1. The number of hydrogen-bond donors (Lipinski definition) is 3. The summed E-state index contributed by atoms with van der Waals surface area (Å²) in [6.45, 7) is 0.154. The van der Waals surface area contributed by atoms with Crippen molar-refractivity contribution in [2.45, 2.75) is 43.7 Å². The molecular formula is C26H30N2O6. The van der Waals surface area contributed by atoms with Gasteiger partial charge in [-0.2, -0.15) is 0 Å². The van der Waals surface area contributed by atoms with E-state index in [4.69, 9.17) is 14.6 Å². The first kappa shape index (κ1) is 23.8. The van der Waals surface area contributed by atoms with Crippen molar-refractivity contribution in [1.29, 1.82) is 0 Å². The van der Waals surface area contributed by atoms with E-state index in [2.05, 4.69) is 22.8 Å². The minimum absolute atomic E-state index is 0.000496. The van der Waals surface area contributed by atoms with Crippen molar-refractivity contribution in [2.24, 2.45) is 5.92 Å². The molecule has 0 aromatic heterocycles. The first-order chi connectivity index (χ1) is 16.5. The summed E-state index contributed by atoms with van der Waals surface area (Å²) in [5, 5.41) is 14.7. The summed E-state index contributed by atoms with van der Waals surface area (Å²) in [5.41, 5.74) is 4.50. The number of amides is 2. The van der Waals surface area contributed by atoms with Gasteiger partial charge in [-0.3, -0.25) is 9.59 Å². The summed E-state index contributed by atoms with van der Waals surface area (Å²) in [5.74, 6) is -1.59. The molecule has 2 aliphatic rings. The van der Waals surface area contributed by atoms with E-state index in [1.165, 1.54) is 7.11 Å². The number of alkyl carbamates (subject to hydrolysis) is 1. The lowest BCUT2D eigenvalue weighted by Gasteiger charge is -2.28. The smallest absolute Gasteiger partial charge is 0.407 e. The largest absolute Gasteiger partial charge is 0.481 e. The van der Waals surface area contributed by atoms with Gasteiger partial charge in [0.05, 0.1) is 12.5 Å². The van der Waals surface area contributed by atoms with Crippen LogP contribution in [0.5, 0.6) is 0 Å². The summed E-state index contributed by atoms with van der Waals surface area (Å²) >= 11 is 0. The van der Waals surface area contributed by atoms with Crippen LogP contribution in [0.4, 0.5) is 4.79 Å². The summed E-state index contributed by atoms with van der Waals surface area (Å²) < 4.78 is 10.7. The number of carboxylic acids is 1. The van der Waals surface area contributed by atoms with E-state index in [1.54, 1.807) is 0 Å². The molecular weight excluding hydrogens is 436 g/mol. The second kappa shape index (κ2) is 10.7. The zero-order valence-corrected chi connectivity index (χ0v) is 19.2. The van der Waals surface area contributed by atoms with Gasteiger partial charge in [-0.1, -0.05) is 48.5 Å². The summed E-state index contributed by atoms with van der Waals surface area (Å²) in [6, 6.07) is 15.1. The van der Waals surface area contributed by atoms with Crippen LogP contribution in [0.1, 0.15) is 42.7 Å². The Bertz CT molecular complexity index is 1000. The van der Waals surface area contributed by atoms with E-state index < -0.39 is 18.1 Å². The van der Waals surface area contributed by atoms with Gasteiger partial charge < -0.3 is 25.2 Å². The first-order valence-electron chi connectivity index (χ1n) is 11.6. The highest BCUT2D eigenvalue weighted by molar-refractivity contribution is 5.86. The molecule has 0 bridgehead atoms. The Hall–Kier alpha value is -3.39. The van der Waals surface area contributed by atoms with Crippen LogP contribution in [-0.4, -0.2) is 55.5 Å². The van der Waals surface area contributed by atoms with Crippen LogP contribution in [0, 0.1) is 5.92 Å². The predicted molar refractivity (Wildman–Crippen MR) is 125 cm³/mol. The van der Waals surface area contributed by atoms with E-state index in [-0.39, 0.29) is 37.0 Å². The number of carboxylic acid groups (broad SMARTS) is 1. The monoisotopic (exact) mass is 466 g/mol. The molecule has 0 aliphatic heterocycles. The molecule has 0 radical (unpaired) electrons. The lowest BCUT2D eigenvalue weighted by atomic mass is 9.86. The second-order valence-corrected chi connectivity index (χ2v) is 8.87. The quantitative estimate of drug-likeness (QED) is 0.550. The highest BCUT2D eigenvalue weighted by atomic mass is 16.5. The fourth-order valence-electron chi connectivity index (χ4n) is 4.92. The molecule has 8 nitrogen and oxygen atoms in total. The van der Waals surface area contributed by atoms with Crippen LogP contribution in [0.2, 0.25) is 0 Å². The Morgan fingerprint density at radius 2 is 1.56 bits per heavy atom. The number of aliphatic carboxylic acids is 1. The summed E-state index contributed by atoms with van der Waals surface area (Å²) in [7, 11) is 1.46. The molecule has 0 saturated heterocycles. The van der Waals surface area contributed by atoms with E-state index >= 15 is 0 Å². The van der Waals surface area contributed by atoms with Gasteiger partial charge in [-0.05, 0) is 47.9 Å². The normalized spacial score (nSPS) is 20.0. The SMILES string of the molecule is COCC(NC(=O)OCC1c2ccccc2-c2ccccc21)C(=O)NC1CCC(C(=O)O)CC1. The molecule has 0 heterocycles. The average molecular weight is 467 g/mol. The molecule has 0 spiro atoms. The fourth-order valence-corrected chi connectivity index (χ4v) is 4.92. The lowest BCUT2D eigenvalue weighted by molar-refractivity contribution is -0.142. The third-order valence-electron chi connectivity index (χ3n) is 6.71. The number of hydrogen-bond acceptors (Lipinski definition) is 5. The minimum atomic E-state index is -0.905. The van der Waals surface area contributed by atoms with Crippen LogP contribution in [0.3, 0.4) is 0 Å². The van der Waals surface area contributed by atoms with Crippen LogP contribution in [-0.2, 0) is 19.1 Å². The molecule has 2 aromatic rings. The van der Waals surface area contributed by atoms with Crippen molar-refractivity contribution < 1.29 is 29.0 Å². The number of nitrogens with one attached hydrogen (secondary N) is 2. The maximum atomic E-state index is 12.8. The van der Waals surface area contributed by atoms with Gasteiger partial charge in [0.25, 0.3) is 0 Å². The van der Waals surface area contributed by atoms with Gasteiger partial charge in [-0.15, -0.1) is 0 Å². The van der Waals surface area contributed by atoms with Crippen LogP contribution < -0.4 is 10.6 Å². The van der Waals surface area contributed by atoms with Crippen LogP contribution in [0.25, 0.3) is 11.1 Å². The number of ether oxygens (including phenoxy) is 2. The van der Waals surface area contributed by atoms with E-state index in [1.807, 2.05) is 36.4 Å². The molecule has 3 N–H and O–H groups in total. The highest BCUT2D eigenvalue weighted by Crippen LogP contribution is 2.44. The molecule has 1 fully saturated rings. The van der Waals surface area contributed by atoms with Gasteiger partial charge in [0.15, 0.2) is 0 Å². The molecule has 34 heavy (non-hydrogen) atoms. The molecule has 8 heteroatoms. The number of benzene rings is 2. The average Bonchev–Trinajstić information content (AvgIpc) is 3.16. The van der Waals surface area contributed by atoms with E-state index in [0.717, 1.165) is 22.3 Å². The topological polar surface area (TPSA) is 114 Å². The van der Waals surface area contributed by atoms with Crippen molar-refractivity contribution >= 4 is 18.0 Å². The molecule has 1 unspecified atom stereocenters. The molecule has 2 aromatic carbocycles. The first-order valence-corrected chi connectivity index (χ1v) is 11.6. The van der Waals surface area contributed by atoms with E-state index in [9.17, 15) is 14.4 Å². The van der Waals surface area contributed by atoms with Crippen molar-refractivity contribution in [3.63, 3.8) is 0 Å². The molecule has 180 valence electrons. The standard InChI is InChI=1S/C26H30N2O6/c1-33-15-23(24(29)27-17-12-10-16(11-13-17)25(30)31)28-26(32)34-14-22-20-8-4-2-6-18(20)19-7-3-5-9-21(19)22/h2-9,16-17,22-23H,10-15H2,1H3,(H,27,29)(H,28,32)(H,30,31). The Morgan fingerprint density at radius 3 is 2.12 bits per heavy atom. The predicted octanol–water partition coefficient (Wildman–Crippen LogP) is 3.30. The zero-order chi connectivity index (χ0) is 24.1. The van der Waals surface area contributed by atoms with Gasteiger partial charge in [0.2, 0.25) is 5.91 Å². The molecule has 1 saturated carbocycles. The third-order valence-corrected chi connectivity index (χ3v) is 6.71. The Kier molecular flexibility index (Phi) is 7.47. The number of carbonyl (C=O) groups is 3. The maximum absolute atomic E-state index is 12.8. The Balaban J connectivity index is 1.33. The van der Waals surface area contributed by atoms with Crippen molar-refractivity contribution in [1.82, 2.24) is 10.6 Å². The number of fused-ring (bicyclic) bond motifs is 3.